The van der Waals surface area contributed by atoms with Crippen LogP contribution in [0.5, 0.6) is 11.5 Å². The number of fused-ring (bicyclic) bond motifs is 3. The fraction of sp³-hybridized carbons (Fsp3) is 0.440. The van der Waals surface area contributed by atoms with Crippen molar-refractivity contribution in [3.63, 3.8) is 0 Å². The maximum atomic E-state index is 6.87. The Labute approximate surface area is 329 Å². The second-order valence-electron chi connectivity index (χ2n) is 18.5. The van der Waals surface area contributed by atoms with Gasteiger partial charge in [-0.3, -0.25) is 4.57 Å². The number of benzene rings is 3. The summed E-state index contributed by atoms with van der Waals surface area (Å²) in [7, 11) is 0. The molecule has 3 atom stereocenters. The predicted molar refractivity (Wildman–Crippen MR) is 231 cm³/mol. The van der Waals surface area contributed by atoms with Gasteiger partial charge in [0.15, 0.2) is 0 Å². The van der Waals surface area contributed by atoms with Gasteiger partial charge < -0.3 is 4.74 Å². The first-order chi connectivity index (χ1) is 26.0. The number of hydrogen-bond donors (Lipinski definition) is 0. The molecular weight excluding hydrogens is 673 g/mol. The summed E-state index contributed by atoms with van der Waals surface area (Å²) < 4.78 is 11.3. The van der Waals surface area contributed by atoms with Crippen LogP contribution in [0.1, 0.15) is 122 Å². The van der Waals surface area contributed by atoms with E-state index in [1.165, 1.54) is 39.6 Å². The Morgan fingerprint density at radius 2 is 1.47 bits per heavy atom. The van der Waals surface area contributed by atoms with Gasteiger partial charge in [0.05, 0.1) is 22.4 Å². The van der Waals surface area contributed by atoms with E-state index >= 15 is 0 Å². The molecule has 3 aromatic heterocycles. The summed E-state index contributed by atoms with van der Waals surface area (Å²) in [6, 6.07) is 26.0. The number of rotatable bonds is 9. The van der Waals surface area contributed by atoms with Crippen molar-refractivity contribution in [1.82, 2.24) is 19.3 Å². The summed E-state index contributed by atoms with van der Waals surface area (Å²) in [5.41, 5.74) is 11.0. The van der Waals surface area contributed by atoms with Crippen LogP contribution in [-0.4, -0.2) is 19.3 Å². The largest absolute Gasteiger partial charge is 0.457 e. The highest BCUT2D eigenvalue weighted by atomic mass is 16.5. The zero-order valence-corrected chi connectivity index (χ0v) is 35.5. The zero-order valence-electron chi connectivity index (χ0n) is 35.5. The molecule has 0 saturated carbocycles. The Hall–Kier alpha value is -4.64. The van der Waals surface area contributed by atoms with Crippen LogP contribution in [0.4, 0.5) is 0 Å². The molecule has 0 fully saturated rings. The lowest BCUT2D eigenvalue weighted by atomic mass is 9.63. The summed E-state index contributed by atoms with van der Waals surface area (Å²) in [4.78, 5) is 4.86. The molecule has 3 heterocycles. The fourth-order valence-electron chi connectivity index (χ4n) is 9.04. The van der Waals surface area contributed by atoms with Crippen molar-refractivity contribution in [2.24, 2.45) is 29.6 Å². The Kier molecular flexibility index (Phi) is 10.4. The number of pyridine rings is 1. The van der Waals surface area contributed by atoms with Crippen molar-refractivity contribution in [2.45, 2.75) is 114 Å². The van der Waals surface area contributed by atoms with Crippen LogP contribution in [0.2, 0.25) is 0 Å². The molecule has 1 aliphatic rings. The standard InChI is InChI=1S/C50H62N4O/c1-29(2)35-20-21-51-47(24-35)53-45-17-15-14-16-41(45)42-19-18-39(28-46(42)53)55-40-26-37(50(11,12)13)25-38(27-40)54-34(10)48(33(9)52-54)49-43(31(5)6)22-36(30(3)4)23-44(49)32(7)8/h14-22,24-32,36,44,49H,23H2,1-13H3/t36-,44?,49-/m0/s1. The molecule has 5 nitrogen and oxygen atoms in total. The molecular formula is C50H62N4O. The summed E-state index contributed by atoms with van der Waals surface area (Å²) in [5, 5.41) is 7.70. The molecule has 0 N–H and O–H groups in total. The monoisotopic (exact) mass is 734 g/mol. The van der Waals surface area contributed by atoms with E-state index < -0.39 is 0 Å². The smallest absolute Gasteiger partial charge is 0.137 e. The summed E-state index contributed by atoms with van der Waals surface area (Å²) in [6.45, 7) is 30.1. The van der Waals surface area contributed by atoms with E-state index in [0.29, 0.717) is 41.4 Å². The highest BCUT2D eigenvalue weighted by molar-refractivity contribution is 6.09. The molecule has 55 heavy (non-hydrogen) atoms. The van der Waals surface area contributed by atoms with Gasteiger partial charge in [-0.2, -0.15) is 5.10 Å². The van der Waals surface area contributed by atoms with Gasteiger partial charge in [0, 0.05) is 46.3 Å². The second-order valence-corrected chi connectivity index (χ2v) is 18.5. The first kappa shape index (κ1) is 38.6. The average Bonchev–Trinajstić information content (AvgIpc) is 3.62. The van der Waals surface area contributed by atoms with E-state index in [1.54, 1.807) is 5.57 Å². The van der Waals surface area contributed by atoms with Crippen LogP contribution >= 0.6 is 0 Å². The summed E-state index contributed by atoms with van der Waals surface area (Å²) in [5.74, 6) is 6.14. The molecule has 0 bridgehead atoms. The highest BCUT2D eigenvalue weighted by Crippen LogP contribution is 2.50. The third-order valence-electron chi connectivity index (χ3n) is 12.3. The Balaban J connectivity index is 1.34. The number of aromatic nitrogens is 4. The van der Waals surface area contributed by atoms with Crippen molar-refractivity contribution >= 4 is 21.8 Å². The average molecular weight is 735 g/mol. The minimum atomic E-state index is -0.0952. The Bertz CT molecular complexity index is 2380. The van der Waals surface area contributed by atoms with Crippen LogP contribution in [0.25, 0.3) is 33.3 Å². The molecule has 5 heteroatoms. The molecule has 0 radical (unpaired) electrons. The van der Waals surface area contributed by atoms with E-state index in [4.69, 9.17) is 14.8 Å². The molecule has 7 rings (SSSR count). The Morgan fingerprint density at radius 3 is 2.15 bits per heavy atom. The number of ether oxygens (including phenoxy) is 1. The van der Waals surface area contributed by atoms with Crippen molar-refractivity contribution in [3.8, 4) is 23.0 Å². The van der Waals surface area contributed by atoms with Crippen LogP contribution in [0, 0.1) is 43.4 Å². The number of nitrogens with zero attached hydrogens (tertiary/aromatic N) is 4. The minimum Gasteiger partial charge on any atom is -0.457 e. The van der Waals surface area contributed by atoms with Gasteiger partial charge in [0.2, 0.25) is 0 Å². The molecule has 3 aromatic carbocycles. The molecule has 1 aliphatic carbocycles. The first-order valence-electron chi connectivity index (χ1n) is 20.6. The highest BCUT2D eigenvalue weighted by Gasteiger charge is 2.39. The van der Waals surface area contributed by atoms with Gasteiger partial charge in [-0.15, -0.1) is 0 Å². The van der Waals surface area contributed by atoms with Gasteiger partial charge in [-0.1, -0.05) is 106 Å². The zero-order chi connectivity index (χ0) is 39.5. The Morgan fingerprint density at radius 1 is 0.745 bits per heavy atom. The molecule has 288 valence electrons. The number of aryl methyl sites for hydroxylation is 1. The summed E-state index contributed by atoms with van der Waals surface area (Å²) >= 11 is 0. The molecule has 6 aromatic rings. The lowest BCUT2D eigenvalue weighted by Crippen LogP contribution is -2.31. The van der Waals surface area contributed by atoms with E-state index in [0.717, 1.165) is 39.7 Å². The maximum absolute atomic E-state index is 6.87. The molecule has 0 spiro atoms. The van der Waals surface area contributed by atoms with Gasteiger partial charge in [0.25, 0.3) is 0 Å². The lowest BCUT2D eigenvalue weighted by molar-refractivity contribution is 0.232. The summed E-state index contributed by atoms with van der Waals surface area (Å²) in [6.07, 6.45) is 5.78. The molecule has 0 amide bonds. The lowest BCUT2D eigenvalue weighted by Gasteiger charge is -2.41. The second kappa shape index (κ2) is 14.8. The van der Waals surface area contributed by atoms with Crippen molar-refractivity contribution in [2.75, 3.05) is 0 Å². The topological polar surface area (TPSA) is 44.9 Å². The van der Waals surface area contributed by atoms with E-state index in [1.807, 2.05) is 6.20 Å². The SMILES string of the molecule is Cc1nn(-c2cc(Oc3ccc4c5ccccc5n(-c5cc(C(C)C)ccn5)c4c3)cc(C(C)(C)C)c2)c(C)c1[C@H]1C(C(C)C)=C[C@H](C(C)C)CC1C(C)C. The molecule has 0 aliphatic heterocycles. The third kappa shape index (κ3) is 7.28. The van der Waals surface area contributed by atoms with Crippen molar-refractivity contribution in [1.29, 1.82) is 0 Å². The van der Waals surface area contributed by atoms with Gasteiger partial charge in [-0.25, -0.2) is 9.67 Å². The van der Waals surface area contributed by atoms with E-state index in [2.05, 4.69) is 178 Å². The van der Waals surface area contributed by atoms with Gasteiger partial charge >= 0.3 is 0 Å². The van der Waals surface area contributed by atoms with E-state index in [9.17, 15) is 0 Å². The van der Waals surface area contributed by atoms with Gasteiger partial charge in [-0.05, 0) is 115 Å². The number of allylic oxidation sites excluding steroid dienone is 2. The number of hydrogen-bond acceptors (Lipinski definition) is 3. The fourth-order valence-corrected chi connectivity index (χ4v) is 9.04. The van der Waals surface area contributed by atoms with Crippen LogP contribution in [-0.2, 0) is 5.41 Å². The van der Waals surface area contributed by atoms with Gasteiger partial charge in [0.1, 0.15) is 17.3 Å². The van der Waals surface area contributed by atoms with Crippen LogP contribution < -0.4 is 4.74 Å². The molecule has 1 unspecified atom stereocenters. The minimum absolute atomic E-state index is 0.0952. The van der Waals surface area contributed by atoms with Crippen LogP contribution in [0.15, 0.2) is 90.6 Å². The van der Waals surface area contributed by atoms with Crippen LogP contribution in [0.3, 0.4) is 0 Å². The van der Waals surface area contributed by atoms with Crippen molar-refractivity contribution in [3.05, 3.63) is 119 Å². The van der Waals surface area contributed by atoms with E-state index in [-0.39, 0.29) is 5.41 Å². The third-order valence-corrected chi connectivity index (χ3v) is 12.3. The number of para-hydroxylation sites is 1. The van der Waals surface area contributed by atoms with Crippen molar-refractivity contribution < 1.29 is 4.74 Å². The first-order valence-corrected chi connectivity index (χ1v) is 20.6. The quantitative estimate of drug-likeness (QED) is 0.139. The predicted octanol–water partition coefficient (Wildman–Crippen LogP) is 13.8. The maximum Gasteiger partial charge on any atom is 0.137 e. The normalized spacial score (nSPS) is 18.1. The molecule has 0 saturated heterocycles.